The number of rotatable bonds is 6. The zero-order chi connectivity index (χ0) is 14.7. The SMILES string of the molecule is CCC(CC)(NS(=O)(=O)c1ccccc1Br)C(=O)O. The first-order valence-corrected chi connectivity index (χ1v) is 8.08. The van der Waals surface area contributed by atoms with E-state index in [4.69, 9.17) is 0 Å². The maximum Gasteiger partial charge on any atom is 0.324 e. The first-order valence-electron chi connectivity index (χ1n) is 5.81. The Hall–Kier alpha value is -0.920. The molecule has 0 aliphatic heterocycles. The van der Waals surface area contributed by atoms with Crippen molar-refractivity contribution in [2.45, 2.75) is 37.1 Å². The van der Waals surface area contributed by atoms with E-state index in [0.29, 0.717) is 4.47 Å². The highest BCUT2D eigenvalue weighted by atomic mass is 79.9. The van der Waals surface area contributed by atoms with Crippen molar-refractivity contribution in [2.75, 3.05) is 0 Å². The summed E-state index contributed by atoms with van der Waals surface area (Å²) in [7, 11) is -3.90. The van der Waals surface area contributed by atoms with Gasteiger partial charge in [-0.1, -0.05) is 26.0 Å². The highest BCUT2D eigenvalue weighted by Crippen LogP contribution is 2.25. The van der Waals surface area contributed by atoms with Crippen molar-refractivity contribution in [3.63, 3.8) is 0 Å². The predicted molar refractivity (Wildman–Crippen MR) is 75.4 cm³/mol. The minimum absolute atomic E-state index is 0.0301. The van der Waals surface area contributed by atoms with E-state index in [0.717, 1.165) is 0 Å². The largest absolute Gasteiger partial charge is 0.480 e. The summed E-state index contributed by atoms with van der Waals surface area (Å²) in [6.45, 7) is 3.28. The Balaban J connectivity index is 3.23. The molecule has 1 aromatic carbocycles. The van der Waals surface area contributed by atoms with E-state index in [1.165, 1.54) is 6.07 Å². The molecule has 1 rings (SSSR count). The van der Waals surface area contributed by atoms with Gasteiger partial charge in [-0.25, -0.2) is 8.42 Å². The van der Waals surface area contributed by atoms with Gasteiger partial charge >= 0.3 is 5.97 Å². The van der Waals surface area contributed by atoms with Crippen LogP contribution in [0, 0.1) is 0 Å². The molecule has 5 nitrogen and oxygen atoms in total. The molecule has 0 radical (unpaired) electrons. The zero-order valence-corrected chi connectivity index (χ0v) is 13.1. The summed E-state index contributed by atoms with van der Waals surface area (Å²) in [6, 6.07) is 6.28. The molecule has 0 unspecified atom stereocenters. The molecule has 7 heteroatoms. The third-order valence-corrected chi connectivity index (χ3v) is 5.62. The van der Waals surface area contributed by atoms with Crippen molar-refractivity contribution in [3.05, 3.63) is 28.7 Å². The Bertz CT molecular complexity index is 567. The van der Waals surface area contributed by atoms with Crippen molar-refractivity contribution in [2.24, 2.45) is 0 Å². The Morgan fingerprint density at radius 2 is 1.84 bits per heavy atom. The van der Waals surface area contributed by atoms with Crippen molar-refractivity contribution >= 4 is 31.9 Å². The Morgan fingerprint density at radius 1 is 1.32 bits per heavy atom. The van der Waals surface area contributed by atoms with E-state index >= 15 is 0 Å². The number of aliphatic carboxylic acids is 1. The summed E-state index contributed by atoms with van der Waals surface area (Å²) in [5.74, 6) is -1.17. The van der Waals surface area contributed by atoms with Crippen LogP contribution in [0.15, 0.2) is 33.6 Å². The first kappa shape index (κ1) is 16.1. The van der Waals surface area contributed by atoms with Gasteiger partial charge in [0.05, 0.1) is 4.90 Å². The lowest BCUT2D eigenvalue weighted by Gasteiger charge is -2.27. The van der Waals surface area contributed by atoms with Gasteiger partial charge in [0.15, 0.2) is 0 Å². The molecule has 0 atom stereocenters. The van der Waals surface area contributed by atoms with Crippen molar-refractivity contribution in [3.8, 4) is 0 Å². The molecule has 0 saturated heterocycles. The number of halogens is 1. The third-order valence-electron chi connectivity index (χ3n) is 3.07. The summed E-state index contributed by atoms with van der Waals surface area (Å²) in [5.41, 5.74) is -1.48. The summed E-state index contributed by atoms with van der Waals surface area (Å²) in [4.78, 5) is 11.4. The quantitative estimate of drug-likeness (QED) is 0.825. The van der Waals surface area contributed by atoms with Gasteiger partial charge in [0.2, 0.25) is 10.0 Å². The molecule has 0 fully saturated rings. The Morgan fingerprint density at radius 3 is 2.26 bits per heavy atom. The molecule has 0 amide bonds. The molecule has 0 aliphatic carbocycles. The molecule has 0 bridgehead atoms. The normalized spacial score (nSPS) is 12.4. The minimum atomic E-state index is -3.90. The predicted octanol–water partition coefficient (Wildman–Crippen LogP) is 2.37. The van der Waals surface area contributed by atoms with Crippen LogP contribution in [-0.4, -0.2) is 25.0 Å². The molecule has 0 saturated carbocycles. The highest BCUT2D eigenvalue weighted by molar-refractivity contribution is 9.10. The lowest BCUT2D eigenvalue weighted by atomic mass is 9.95. The van der Waals surface area contributed by atoms with Gasteiger partial charge < -0.3 is 5.11 Å². The topological polar surface area (TPSA) is 83.5 Å². The van der Waals surface area contributed by atoms with E-state index in [1.807, 2.05) is 0 Å². The van der Waals surface area contributed by atoms with Gasteiger partial charge in [0.1, 0.15) is 5.54 Å². The van der Waals surface area contributed by atoms with Crippen LogP contribution in [0.25, 0.3) is 0 Å². The van der Waals surface area contributed by atoms with Gasteiger partial charge in [-0.05, 0) is 40.9 Å². The van der Waals surface area contributed by atoms with Gasteiger partial charge in [-0.15, -0.1) is 0 Å². The second-order valence-corrected chi connectivity index (χ2v) is 6.64. The van der Waals surface area contributed by atoms with E-state index in [-0.39, 0.29) is 17.7 Å². The van der Waals surface area contributed by atoms with Crippen LogP contribution in [0.5, 0.6) is 0 Å². The summed E-state index contributed by atoms with van der Waals surface area (Å²) in [6.07, 6.45) is 0.338. The van der Waals surface area contributed by atoms with Crippen LogP contribution < -0.4 is 4.72 Å². The molecule has 1 aromatic rings. The molecule has 106 valence electrons. The summed E-state index contributed by atoms with van der Waals surface area (Å²) < 4.78 is 27.3. The van der Waals surface area contributed by atoms with Crippen LogP contribution in [0.4, 0.5) is 0 Å². The maximum atomic E-state index is 12.3. The van der Waals surface area contributed by atoms with Crippen molar-refractivity contribution in [1.82, 2.24) is 4.72 Å². The van der Waals surface area contributed by atoms with E-state index in [9.17, 15) is 18.3 Å². The molecule has 0 heterocycles. The number of hydrogen-bond donors (Lipinski definition) is 2. The molecule has 2 N–H and O–H groups in total. The Labute approximate surface area is 121 Å². The van der Waals surface area contributed by atoms with Crippen LogP contribution in [0.3, 0.4) is 0 Å². The maximum absolute atomic E-state index is 12.3. The van der Waals surface area contributed by atoms with Crippen LogP contribution in [0.2, 0.25) is 0 Å². The average molecular weight is 350 g/mol. The molecular formula is C12H16BrNO4S. The fraction of sp³-hybridized carbons (Fsp3) is 0.417. The van der Waals surface area contributed by atoms with Crippen molar-refractivity contribution in [1.29, 1.82) is 0 Å². The monoisotopic (exact) mass is 349 g/mol. The van der Waals surface area contributed by atoms with Crippen LogP contribution in [0.1, 0.15) is 26.7 Å². The fourth-order valence-electron chi connectivity index (χ4n) is 1.72. The molecule has 0 spiro atoms. The number of hydrogen-bond acceptors (Lipinski definition) is 3. The van der Waals surface area contributed by atoms with Gasteiger partial charge in [0, 0.05) is 4.47 Å². The third kappa shape index (κ3) is 3.34. The van der Waals surface area contributed by atoms with Crippen molar-refractivity contribution < 1.29 is 18.3 Å². The summed E-state index contributed by atoms with van der Waals surface area (Å²) >= 11 is 3.15. The van der Waals surface area contributed by atoms with E-state index in [1.54, 1.807) is 32.0 Å². The minimum Gasteiger partial charge on any atom is -0.480 e. The smallest absolute Gasteiger partial charge is 0.324 e. The average Bonchev–Trinajstić information content (AvgIpc) is 2.36. The van der Waals surface area contributed by atoms with Crippen LogP contribution >= 0.6 is 15.9 Å². The lowest BCUT2D eigenvalue weighted by molar-refractivity contribution is -0.144. The number of nitrogens with one attached hydrogen (secondary N) is 1. The number of carbonyl (C=O) groups is 1. The fourth-order valence-corrected chi connectivity index (χ4v) is 4.22. The number of carboxylic acids is 1. The second kappa shape index (κ2) is 6.02. The molecule has 0 aliphatic rings. The number of benzene rings is 1. The molecule has 19 heavy (non-hydrogen) atoms. The van der Waals surface area contributed by atoms with Gasteiger partial charge in [-0.2, -0.15) is 4.72 Å². The molecule has 0 aromatic heterocycles. The van der Waals surface area contributed by atoms with Gasteiger partial charge in [0.25, 0.3) is 0 Å². The standard InChI is InChI=1S/C12H16BrNO4S/c1-3-12(4-2,11(15)16)14-19(17,18)10-8-6-5-7-9(10)13/h5-8,14H,3-4H2,1-2H3,(H,15,16). The zero-order valence-electron chi connectivity index (χ0n) is 10.7. The van der Waals surface area contributed by atoms with E-state index in [2.05, 4.69) is 20.7 Å². The van der Waals surface area contributed by atoms with Gasteiger partial charge in [-0.3, -0.25) is 4.79 Å². The van der Waals surface area contributed by atoms with Crippen LogP contribution in [-0.2, 0) is 14.8 Å². The Kier molecular flexibility index (Phi) is 5.11. The first-order chi connectivity index (χ1) is 8.79. The van der Waals surface area contributed by atoms with E-state index < -0.39 is 21.5 Å². The second-order valence-electron chi connectivity index (χ2n) is 4.13. The number of carboxylic acid groups (broad SMARTS) is 1. The highest BCUT2D eigenvalue weighted by Gasteiger charge is 2.39. The molecular weight excluding hydrogens is 334 g/mol. The lowest BCUT2D eigenvalue weighted by Crippen LogP contribution is -2.53. The number of sulfonamides is 1. The summed E-state index contributed by atoms with van der Waals surface area (Å²) in [5, 5.41) is 9.26.